The van der Waals surface area contributed by atoms with E-state index in [0.29, 0.717) is 24.2 Å². The second kappa shape index (κ2) is 10.1. The van der Waals surface area contributed by atoms with Gasteiger partial charge < -0.3 is 16.4 Å². The Balaban J connectivity index is 0.00000364. The number of aryl methyl sites for hydroxylation is 1. The molecule has 0 bridgehead atoms. The van der Waals surface area contributed by atoms with Crippen molar-refractivity contribution in [2.75, 3.05) is 10.6 Å². The fourth-order valence-electron chi connectivity index (χ4n) is 2.38. The Hall–Kier alpha value is -2.37. The molecule has 0 saturated carbocycles. The zero-order valence-electron chi connectivity index (χ0n) is 16.0. The summed E-state index contributed by atoms with van der Waals surface area (Å²) in [5, 5.41) is 5.66. The molecule has 2 aromatic rings. The van der Waals surface area contributed by atoms with Crippen molar-refractivity contribution in [3.8, 4) is 0 Å². The van der Waals surface area contributed by atoms with Gasteiger partial charge in [-0.3, -0.25) is 9.59 Å². The zero-order chi connectivity index (χ0) is 19.2. The maximum absolute atomic E-state index is 12.1. The fourth-order valence-corrected chi connectivity index (χ4v) is 2.38. The van der Waals surface area contributed by atoms with Gasteiger partial charge in [0.15, 0.2) is 0 Å². The van der Waals surface area contributed by atoms with Crippen molar-refractivity contribution in [1.29, 1.82) is 0 Å². The number of nitrogens with two attached hydrogens (primary N) is 1. The molecule has 0 aliphatic heterocycles. The highest BCUT2D eigenvalue weighted by molar-refractivity contribution is 5.96. The number of nitrogens with one attached hydrogen (secondary N) is 2. The Morgan fingerprint density at radius 3 is 1.96 bits per heavy atom. The lowest BCUT2D eigenvalue weighted by molar-refractivity contribution is -0.119. The molecule has 0 aromatic heterocycles. The van der Waals surface area contributed by atoms with Crippen molar-refractivity contribution in [2.45, 2.75) is 39.7 Å². The molecule has 4 N–H and O–H groups in total. The Bertz CT molecular complexity index is 740. The second-order valence-corrected chi connectivity index (χ2v) is 7.44. The van der Waals surface area contributed by atoms with Gasteiger partial charge in [-0.2, -0.15) is 0 Å². The number of benzene rings is 2. The Kier molecular flexibility index (Phi) is 8.47. The molecule has 0 saturated heterocycles. The number of carbonyl (C=O) groups excluding carboxylic acids is 2. The number of hydrogen-bond acceptors (Lipinski definition) is 3. The quantitative estimate of drug-likeness (QED) is 0.698. The lowest BCUT2D eigenvalue weighted by Gasteiger charge is -2.25. The molecule has 0 fully saturated rings. The highest BCUT2D eigenvalue weighted by Gasteiger charge is 2.27. The van der Waals surface area contributed by atoms with Crippen LogP contribution in [0.3, 0.4) is 0 Å². The van der Waals surface area contributed by atoms with Crippen LogP contribution in [0.4, 0.5) is 11.4 Å². The number of amides is 2. The molecule has 2 aromatic carbocycles. The third-order valence-corrected chi connectivity index (χ3v) is 4.14. The number of halogens is 1. The first-order valence-corrected chi connectivity index (χ1v) is 8.76. The van der Waals surface area contributed by atoms with Crippen LogP contribution in [-0.4, -0.2) is 17.9 Å². The van der Waals surface area contributed by atoms with E-state index in [2.05, 4.69) is 10.6 Å². The standard InChI is InChI=1S/C21H27N3O2.ClH/c1-21(2,3)19(22)20(26)24-17-12-10-16(11-13-17)23-18(25)14-9-15-7-5-4-6-8-15;/h4-8,10-13,19H,9,14,22H2,1-3H3,(H,23,25)(H,24,26);1H/t19-;/m1./s1. The predicted molar refractivity (Wildman–Crippen MR) is 113 cm³/mol. The van der Waals surface area contributed by atoms with E-state index in [1.807, 2.05) is 51.1 Å². The Labute approximate surface area is 167 Å². The molecule has 6 heteroatoms. The first-order chi connectivity index (χ1) is 12.3. The number of carbonyl (C=O) groups is 2. The average molecular weight is 390 g/mol. The normalized spacial score (nSPS) is 11.9. The van der Waals surface area contributed by atoms with E-state index in [9.17, 15) is 9.59 Å². The van der Waals surface area contributed by atoms with Gasteiger partial charge in [-0.05, 0) is 41.7 Å². The molecule has 0 aliphatic rings. The topological polar surface area (TPSA) is 84.2 Å². The minimum absolute atomic E-state index is 0. The molecule has 0 unspecified atom stereocenters. The van der Waals surface area contributed by atoms with E-state index < -0.39 is 6.04 Å². The zero-order valence-corrected chi connectivity index (χ0v) is 16.8. The molecule has 0 spiro atoms. The van der Waals surface area contributed by atoms with E-state index in [1.54, 1.807) is 24.3 Å². The van der Waals surface area contributed by atoms with Crippen LogP contribution in [0, 0.1) is 5.41 Å². The smallest absolute Gasteiger partial charge is 0.241 e. The van der Waals surface area contributed by atoms with Crippen LogP contribution >= 0.6 is 12.4 Å². The summed E-state index contributed by atoms with van der Waals surface area (Å²) in [6, 6.07) is 16.3. The molecule has 27 heavy (non-hydrogen) atoms. The predicted octanol–water partition coefficient (Wildman–Crippen LogP) is 3.99. The van der Waals surface area contributed by atoms with Crippen molar-refractivity contribution in [2.24, 2.45) is 11.1 Å². The highest BCUT2D eigenvalue weighted by atomic mass is 35.5. The summed E-state index contributed by atoms with van der Waals surface area (Å²) in [7, 11) is 0. The molecular weight excluding hydrogens is 362 g/mol. The van der Waals surface area contributed by atoms with Crippen molar-refractivity contribution in [3.63, 3.8) is 0 Å². The molecule has 1 atom stereocenters. The summed E-state index contributed by atoms with van der Waals surface area (Å²) in [6.07, 6.45) is 1.12. The molecular formula is C21H28ClN3O2. The fraction of sp³-hybridized carbons (Fsp3) is 0.333. The van der Waals surface area contributed by atoms with Crippen LogP contribution in [0.25, 0.3) is 0 Å². The molecule has 0 aliphatic carbocycles. The summed E-state index contributed by atoms with van der Waals surface area (Å²) in [4.78, 5) is 24.2. The van der Waals surface area contributed by atoms with Gasteiger partial charge in [0.05, 0.1) is 6.04 Å². The van der Waals surface area contributed by atoms with Gasteiger partial charge in [0.25, 0.3) is 0 Å². The van der Waals surface area contributed by atoms with Crippen LogP contribution in [0.1, 0.15) is 32.8 Å². The second-order valence-electron chi connectivity index (χ2n) is 7.44. The van der Waals surface area contributed by atoms with E-state index in [1.165, 1.54) is 0 Å². The van der Waals surface area contributed by atoms with Crippen LogP contribution in [0.15, 0.2) is 54.6 Å². The van der Waals surface area contributed by atoms with Crippen LogP contribution in [0.2, 0.25) is 0 Å². The van der Waals surface area contributed by atoms with E-state index in [4.69, 9.17) is 5.73 Å². The summed E-state index contributed by atoms with van der Waals surface area (Å²) in [6.45, 7) is 5.77. The maximum atomic E-state index is 12.1. The Morgan fingerprint density at radius 2 is 1.44 bits per heavy atom. The summed E-state index contributed by atoms with van der Waals surface area (Å²) >= 11 is 0. The minimum atomic E-state index is -0.597. The van der Waals surface area contributed by atoms with Crippen molar-refractivity contribution >= 4 is 35.6 Å². The van der Waals surface area contributed by atoms with Crippen molar-refractivity contribution in [1.82, 2.24) is 0 Å². The highest BCUT2D eigenvalue weighted by Crippen LogP contribution is 2.20. The third kappa shape index (κ3) is 7.41. The van der Waals surface area contributed by atoms with Gasteiger partial charge >= 0.3 is 0 Å². The lowest BCUT2D eigenvalue weighted by Crippen LogP contribution is -2.45. The van der Waals surface area contributed by atoms with Gasteiger partial charge in [-0.15, -0.1) is 12.4 Å². The number of anilines is 2. The summed E-state index contributed by atoms with van der Waals surface area (Å²) < 4.78 is 0. The van der Waals surface area contributed by atoms with Crippen LogP contribution < -0.4 is 16.4 Å². The van der Waals surface area contributed by atoms with Gasteiger partial charge in [-0.25, -0.2) is 0 Å². The first-order valence-electron chi connectivity index (χ1n) is 8.76. The van der Waals surface area contributed by atoms with E-state index in [0.717, 1.165) is 5.56 Å². The van der Waals surface area contributed by atoms with Crippen LogP contribution in [0.5, 0.6) is 0 Å². The molecule has 0 heterocycles. The molecule has 146 valence electrons. The van der Waals surface area contributed by atoms with Crippen LogP contribution in [-0.2, 0) is 16.0 Å². The van der Waals surface area contributed by atoms with Gasteiger partial charge in [0.2, 0.25) is 11.8 Å². The van der Waals surface area contributed by atoms with Gasteiger partial charge in [-0.1, -0.05) is 51.1 Å². The Morgan fingerprint density at radius 1 is 0.926 bits per heavy atom. The molecule has 5 nitrogen and oxygen atoms in total. The first kappa shape index (κ1) is 22.7. The largest absolute Gasteiger partial charge is 0.326 e. The minimum Gasteiger partial charge on any atom is -0.326 e. The van der Waals surface area contributed by atoms with Gasteiger partial charge in [0, 0.05) is 17.8 Å². The molecule has 2 rings (SSSR count). The lowest BCUT2D eigenvalue weighted by atomic mass is 9.87. The van der Waals surface area contributed by atoms with Gasteiger partial charge in [0.1, 0.15) is 0 Å². The van der Waals surface area contributed by atoms with E-state index >= 15 is 0 Å². The summed E-state index contributed by atoms with van der Waals surface area (Å²) in [5.74, 6) is -0.266. The van der Waals surface area contributed by atoms with Crippen molar-refractivity contribution in [3.05, 3.63) is 60.2 Å². The van der Waals surface area contributed by atoms with Crippen molar-refractivity contribution < 1.29 is 9.59 Å². The monoisotopic (exact) mass is 389 g/mol. The number of hydrogen-bond donors (Lipinski definition) is 3. The number of rotatable bonds is 6. The molecule has 0 radical (unpaired) electrons. The van der Waals surface area contributed by atoms with E-state index in [-0.39, 0.29) is 29.6 Å². The molecule has 2 amide bonds. The maximum Gasteiger partial charge on any atom is 0.241 e. The average Bonchev–Trinajstić information content (AvgIpc) is 2.61. The SMILES string of the molecule is CC(C)(C)[C@H](N)C(=O)Nc1ccc(NC(=O)CCc2ccccc2)cc1.Cl. The summed E-state index contributed by atoms with van der Waals surface area (Å²) in [5.41, 5.74) is 8.12. The third-order valence-electron chi connectivity index (χ3n) is 4.14.